The van der Waals surface area contributed by atoms with E-state index in [1.807, 2.05) is 31.2 Å². The number of rotatable bonds is 8. The molecule has 0 radical (unpaired) electrons. The molecule has 0 heterocycles. The largest absolute Gasteiger partial charge is 0.497 e. The first-order valence-electron chi connectivity index (χ1n) is 8.86. The van der Waals surface area contributed by atoms with Crippen molar-refractivity contribution in [1.29, 1.82) is 0 Å². The summed E-state index contributed by atoms with van der Waals surface area (Å²) in [6.07, 6.45) is 1.72. The fourth-order valence-corrected chi connectivity index (χ4v) is 4.32. The molecule has 0 aliphatic heterocycles. The first-order chi connectivity index (χ1) is 13.2. The van der Waals surface area contributed by atoms with E-state index in [0.29, 0.717) is 17.1 Å². The summed E-state index contributed by atoms with van der Waals surface area (Å²) in [5.74, 6) is 0.329. The smallest absolute Gasteiger partial charge is 0.244 e. The topological polar surface area (TPSA) is 75.7 Å². The van der Waals surface area contributed by atoms with Crippen molar-refractivity contribution in [2.24, 2.45) is 0 Å². The number of nitrogens with one attached hydrogen (secondary N) is 1. The zero-order valence-electron chi connectivity index (χ0n) is 16.3. The maximum absolute atomic E-state index is 12.9. The molecule has 1 N–H and O–H groups in total. The highest BCUT2D eigenvalue weighted by atomic mass is 35.5. The van der Waals surface area contributed by atoms with E-state index in [1.165, 1.54) is 6.07 Å². The molecule has 0 saturated heterocycles. The third kappa shape index (κ3) is 5.39. The summed E-state index contributed by atoms with van der Waals surface area (Å²) in [6.45, 7) is 3.50. The summed E-state index contributed by atoms with van der Waals surface area (Å²) in [7, 11) is -2.11. The number of benzene rings is 2. The van der Waals surface area contributed by atoms with Crippen LogP contribution in [0.2, 0.25) is 5.02 Å². The molecule has 8 heteroatoms. The predicted molar refractivity (Wildman–Crippen MR) is 112 cm³/mol. The molecule has 152 valence electrons. The van der Waals surface area contributed by atoms with Crippen LogP contribution in [0.5, 0.6) is 5.75 Å². The van der Waals surface area contributed by atoms with Gasteiger partial charge >= 0.3 is 0 Å². The molecule has 0 bridgehead atoms. The SMILES string of the molecule is CC[C@@H](NC(=O)[C@H](C)N(c1cccc(Cl)c1)S(C)(=O)=O)c1ccc(OC)cc1. The number of anilines is 1. The zero-order chi connectivity index (χ0) is 20.9. The van der Waals surface area contributed by atoms with Gasteiger partial charge in [-0.15, -0.1) is 0 Å². The van der Waals surface area contributed by atoms with Gasteiger partial charge in [-0.25, -0.2) is 8.42 Å². The number of ether oxygens (including phenoxy) is 1. The third-order valence-corrected chi connectivity index (χ3v) is 5.87. The standard InChI is InChI=1S/C20H25ClN2O4S/c1-5-19(15-9-11-18(27-3)12-10-15)22-20(24)14(2)23(28(4,25)26)17-8-6-7-16(21)13-17/h6-14,19H,5H2,1-4H3,(H,22,24)/t14-,19+/m0/s1. The highest BCUT2D eigenvalue weighted by Crippen LogP contribution is 2.25. The van der Waals surface area contributed by atoms with Gasteiger partial charge in [-0.05, 0) is 49.2 Å². The Morgan fingerprint density at radius 3 is 2.36 bits per heavy atom. The maximum atomic E-state index is 12.9. The molecule has 0 unspecified atom stereocenters. The first-order valence-corrected chi connectivity index (χ1v) is 11.1. The highest BCUT2D eigenvalue weighted by molar-refractivity contribution is 7.92. The number of nitrogens with zero attached hydrogens (tertiary/aromatic N) is 1. The Kier molecular flexibility index (Phi) is 7.32. The van der Waals surface area contributed by atoms with Crippen LogP contribution in [0, 0.1) is 0 Å². The van der Waals surface area contributed by atoms with E-state index in [-0.39, 0.29) is 6.04 Å². The lowest BCUT2D eigenvalue weighted by molar-refractivity contribution is -0.122. The van der Waals surface area contributed by atoms with E-state index < -0.39 is 22.0 Å². The highest BCUT2D eigenvalue weighted by Gasteiger charge is 2.30. The average molecular weight is 425 g/mol. The quantitative estimate of drug-likeness (QED) is 0.699. The number of amides is 1. The van der Waals surface area contributed by atoms with Crippen LogP contribution < -0.4 is 14.4 Å². The van der Waals surface area contributed by atoms with Crippen LogP contribution in [0.1, 0.15) is 31.9 Å². The fraction of sp³-hybridized carbons (Fsp3) is 0.350. The summed E-state index contributed by atoms with van der Waals surface area (Å²) in [4.78, 5) is 12.9. The number of methoxy groups -OCH3 is 1. The van der Waals surface area contributed by atoms with Crippen molar-refractivity contribution in [3.8, 4) is 5.75 Å². The number of carbonyl (C=O) groups excluding carboxylic acids is 1. The van der Waals surface area contributed by atoms with Gasteiger partial charge in [0.1, 0.15) is 11.8 Å². The van der Waals surface area contributed by atoms with Gasteiger partial charge in [0, 0.05) is 5.02 Å². The van der Waals surface area contributed by atoms with Crippen LogP contribution >= 0.6 is 11.6 Å². The van der Waals surface area contributed by atoms with Crippen LogP contribution in [-0.2, 0) is 14.8 Å². The van der Waals surface area contributed by atoms with Crippen molar-refractivity contribution in [3.63, 3.8) is 0 Å². The van der Waals surface area contributed by atoms with Crippen LogP contribution in [0.25, 0.3) is 0 Å². The normalized spacial score (nSPS) is 13.5. The Labute approximate surface area is 171 Å². The summed E-state index contributed by atoms with van der Waals surface area (Å²) < 4.78 is 31.0. The Balaban J connectivity index is 2.26. The van der Waals surface area contributed by atoms with Crippen molar-refractivity contribution < 1.29 is 17.9 Å². The molecule has 2 atom stereocenters. The van der Waals surface area contributed by atoms with Crippen molar-refractivity contribution >= 4 is 33.2 Å². The minimum atomic E-state index is -3.70. The molecule has 0 spiro atoms. The average Bonchev–Trinajstić information content (AvgIpc) is 2.65. The lowest BCUT2D eigenvalue weighted by atomic mass is 10.0. The number of sulfonamides is 1. The van der Waals surface area contributed by atoms with Gasteiger partial charge in [0.2, 0.25) is 15.9 Å². The van der Waals surface area contributed by atoms with E-state index in [4.69, 9.17) is 16.3 Å². The number of hydrogen-bond donors (Lipinski definition) is 1. The second-order valence-electron chi connectivity index (χ2n) is 6.46. The molecular formula is C20H25ClN2O4S. The lowest BCUT2D eigenvalue weighted by Gasteiger charge is -2.30. The van der Waals surface area contributed by atoms with Gasteiger partial charge < -0.3 is 10.1 Å². The molecule has 0 saturated carbocycles. The molecule has 0 fully saturated rings. The predicted octanol–water partition coefficient (Wildman–Crippen LogP) is 3.77. The van der Waals surface area contributed by atoms with Crippen LogP contribution in [-0.4, -0.2) is 33.7 Å². The van der Waals surface area contributed by atoms with Crippen molar-refractivity contribution in [1.82, 2.24) is 5.32 Å². The fourth-order valence-electron chi connectivity index (χ4n) is 2.97. The van der Waals surface area contributed by atoms with Crippen LogP contribution in [0.3, 0.4) is 0 Å². The van der Waals surface area contributed by atoms with Crippen LogP contribution in [0.4, 0.5) is 5.69 Å². The van der Waals surface area contributed by atoms with Gasteiger partial charge in [0.15, 0.2) is 0 Å². The molecule has 6 nitrogen and oxygen atoms in total. The van der Waals surface area contributed by atoms with Gasteiger partial charge in [-0.1, -0.05) is 36.7 Å². The summed E-state index contributed by atoms with van der Waals surface area (Å²) in [5, 5.41) is 3.33. The van der Waals surface area contributed by atoms with E-state index in [2.05, 4.69) is 5.32 Å². The molecular weight excluding hydrogens is 400 g/mol. The lowest BCUT2D eigenvalue weighted by Crippen LogP contribution is -2.48. The number of carbonyl (C=O) groups is 1. The van der Waals surface area contributed by atoms with E-state index >= 15 is 0 Å². The van der Waals surface area contributed by atoms with E-state index in [0.717, 1.165) is 21.9 Å². The first kappa shape index (κ1) is 22.0. The minimum absolute atomic E-state index is 0.248. The molecule has 28 heavy (non-hydrogen) atoms. The molecule has 2 aromatic carbocycles. The second-order valence-corrected chi connectivity index (χ2v) is 8.75. The Morgan fingerprint density at radius 2 is 1.86 bits per heavy atom. The maximum Gasteiger partial charge on any atom is 0.244 e. The van der Waals surface area contributed by atoms with Gasteiger partial charge in [0.05, 0.1) is 25.1 Å². The van der Waals surface area contributed by atoms with Crippen LogP contribution in [0.15, 0.2) is 48.5 Å². The van der Waals surface area contributed by atoms with Gasteiger partial charge in [0.25, 0.3) is 0 Å². The molecule has 0 aromatic heterocycles. The molecule has 2 rings (SSSR count). The van der Waals surface area contributed by atoms with E-state index in [1.54, 1.807) is 32.2 Å². The van der Waals surface area contributed by atoms with Crippen molar-refractivity contribution in [2.45, 2.75) is 32.4 Å². The molecule has 0 aliphatic rings. The summed E-state index contributed by atoms with van der Waals surface area (Å²) in [6, 6.07) is 12.6. The van der Waals surface area contributed by atoms with Gasteiger partial charge in [-0.2, -0.15) is 0 Å². The third-order valence-electron chi connectivity index (χ3n) is 4.39. The molecule has 0 aliphatic carbocycles. The van der Waals surface area contributed by atoms with Crippen molar-refractivity contribution in [2.75, 3.05) is 17.7 Å². The summed E-state index contributed by atoms with van der Waals surface area (Å²) in [5.41, 5.74) is 1.26. The van der Waals surface area contributed by atoms with Crippen molar-refractivity contribution in [3.05, 3.63) is 59.1 Å². The molecule has 1 amide bonds. The Bertz CT molecular complexity index is 916. The Hall–Kier alpha value is -2.25. The van der Waals surface area contributed by atoms with Gasteiger partial charge in [-0.3, -0.25) is 9.10 Å². The molecule has 2 aromatic rings. The van der Waals surface area contributed by atoms with E-state index in [9.17, 15) is 13.2 Å². The summed E-state index contributed by atoms with van der Waals surface area (Å²) >= 11 is 6.00. The Morgan fingerprint density at radius 1 is 1.21 bits per heavy atom. The number of hydrogen-bond acceptors (Lipinski definition) is 4. The minimum Gasteiger partial charge on any atom is -0.497 e. The number of halogens is 1. The zero-order valence-corrected chi connectivity index (χ0v) is 17.9. The monoisotopic (exact) mass is 424 g/mol. The second kappa shape index (κ2) is 9.30.